The Morgan fingerprint density at radius 3 is 2.66 bits per heavy atom. The van der Waals surface area contributed by atoms with Crippen molar-refractivity contribution in [1.82, 2.24) is 14.9 Å². The van der Waals surface area contributed by atoms with E-state index in [1.807, 2.05) is 48.5 Å². The van der Waals surface area contributed by atoms with Crippen LogP contribution in [-0.4, -0.2) is 46.4 Å². The molecule has 10 heteroatoms. The Kier molecular flexibility index (Phi) is 5.68. The van der Waals surface area contributed by atoms with Crippen LogP contribution in [-0.2, 0) is 9.53 Å². The van der Waals surface area contributed by atoms with Crippen LogP contribution in [0.4, 0.5) is 5.69 Å². The summed E-state index contributed by atoms with van der Waals surface area (Å²) >= 11 is 0. The first-order chi connectivity index (χ1) is 17.0. The number of fused-ring (bicyclic) bond motifs is 2. The first-order valence-electron chi connectivity index (χ1n) is 10.7. The van der Waals surface area contributed by atoms with Crippen molar-refractivity contribution in [3.63, 3.8) is 0 Å². The van der Waals surface area contributed by atoms with E-state index in [-0.39, 0.29) is 5.90 Å². The van der Waals surface area contributed by atoms with Gasteiger partial charge in [-0.2, -0.15) is 5.10 Å². The van der Waals surface area contributed by atoms with Crippen LogP contribution < -0.4 is 15.4 Å². The van der Waals surface area contributed by atoms with Gasteiger partial charge < -0.3 is 20.1 Å². The number of benzene rings is 2. The smallest absolute Gasteiger partial charge is 0.290 e. The van der Waals surface area contributed by atoms with Gasteiger partial charge in [-0.3, -0.25) is 15.6 Å². The molecule has 0 radical (unpaired) electrons. The highest BCUT2D eigenvalue weighted by Gasteiger charge is 2.27. The maximum absolute atomic E-state index is 12.9. The summed E-state index contributed by atoms with van der Waals surface area (Å²) < 4.78 is 12.2. The van der Waals surface area contributed by atoms with E-state index >= 15 is 0 Å². The number of nitrogens with one attached hydrogen (secondary N) is 4. The number of para-hydroxylation sites is 1. The van der Waals surface area contributed by atoms with E-state index in [2.05, 4.69) is 20.7 Å². The average molecular weight is 467 g/mol. The third-order valence-corrected chi connectivity index (χ3v) is 5.44. The minimum absolute atomic E-state index is 0.310. The number of hydrogen-bond acceptors (Lipinski definition) is 7. The molecule has 35 heavy (non-hydrogen) atoms. The van der Waals surface area contributed by atoms with Gasteiger partial charge in [0.1, 0.15) is 5.75 Å². The van der Waals surface area contributed by atoms with Crippen molar-refractivity contribution in [2.24, 2.45) is 4.99 Å². The molecule has 10 nitrogen and oxygen atoms in total. The molecule has 0 saturated heterocycles. The second kappa shape index (κ2) is 9.10. The molecule has 0 fully saturated rings. The molecular formula is C25H21N7O3. The molecule has 3 heterocycles. The summed E-state index contributed by atoms with van der Waals surface area (Å²) in [6, 6.07) is 19.8. The molecule has 5 rings (SSSR count). The van der Waals surface area contributed by atoms with Crippen molar-refractivity contribution in [3.05, 3.63) is 95.8 Å². The molecule has 2 aromatic carbocycles. The number of rotatable bonds is 4. The molecule has 0 spiro atoms. The lowest BCUT2D eigenvalue weighted by atomic mass is 10.0. The number of nitrogens with zero attached hydrogens (tertiary/aromatic N) is 3. The number of carbonyl (C=O) groups excluding carboxylic acids is 1. The van der Waals surface area contributed by atoms with E-state index < -0.39 is 18.1 Å². The van der Waals surface area contributed by atoms with E-state index in [9.17, 15) is 4.79 Å². The molecule has 0 saturated carbocycles. The molecule has 1 aliphatic heterocycles. The van der Waals surface area contributed by atoms with Gasteiger partial charge in [-0.1, -0.05) is 48.5 Å². The summed E-state index contributed by atoms with van der Waals surface area (Å²) in [6.45, 7) is 0. The van der Waals surface area contributed by atoms with Gasteiger partial charge in [-0.05, 0) is 12.1 Å². The number of ether oxygens (including phenoxy) is 2. The third-order valence-electron chi connectivity index (χ3n) is 5.44. The molecule has 0 bridgehead atoms. The standard InChI is InChI=1S/C25H21N7O3/c1-34-16-11-12-32-20(13-16)18(14-28-32)22(26)35-25(27)31-23-24(33)29-19-10-6-5-9-17(19)21(30-23)15-7-3-2-4-8-15/h2-14,23,26H,1H3,(H2,27,31)(H,29,33). The maximum atomic E-state index is 12.9. The predicted octanol–water partition coefficient (Wildman–Crippen LogP) is 3.03. The highest BCUT2D eigenvalue weighted by Crippen LogP contribution is 2.24. The van der Waals surface area contributed by atoms with Crippen molar-refractivity contribution in [2.45, 2.75) is 6.17 Å². The predicted molar refractivity (Wildman–Crippen MR) is 131 cm³/mol. The van der Waals surface area contributed by atoms with Gasteiger partial charge >= 0.3 is 0 Å². The summed E-state index contributed by atoms with van der Waals surface area (Å²) in [4.78, 5) is 17.6. The normalized spacial score (nSPS) is 14.8. The molecule has 1 aliphatic rings. The number of carbonyl (C=O) groups is 1. The van der Waals surface area contributed by atoms with Gasteiger partial charge in [-0.15, -0.1) is 0 Å². The lowest BCUT2D eigenvalue weighted by molar-refractivity contribution is -0.117. The molecule has 1 unspecified atom stereocenters. The van der Waals surface area contributed by atoms with E-state index in [4.69, 9.17) is 20.3 Å². The summed E-state index contributed by atoms with van der Waals surface area (Å²) in [6.07, 6.45) is 2.01. The lowest BCUT2D eigenvalue weighted by Gasteiger charge is -2.15. The van der Waals surface area contributed by atoms with E-state index in [1.165, 1.54) is 6.20 Å². The second-order valence-corrected chi connectivity index (χ2v) is 7.64. The Hall–Kier alpha value is -4.99. The fraction of sp³-hybridized carbons (Fsp3) is 0.0800. The van der Waals surface area contributed by atoms with Crippen LogP contribution in [0.3, 0.4) is 0 Å². The fourth-order valence-electron chi connectivity index (χ4n) is 3.75. The highest BCUT2D eigenvalue weighted by molar-refractivity contribution is 6.19. The van der Waals surface area contributed by atoms with Crippen LogP contribution in [0.5, 0.6) is 5.75 Å². The van der Waals surface area contributed by atoms with E-state index in [0.717, 1.165) is 11.1 Å². The van der Waals surface area contributed by atoms with Gasteiger partial charge in [0.15, 0.2) is 0 Å². The number of pyridine rings is 1. The van der Waals surface area contributed by atoms with Crippen LogP contribution in [0.2, 0.25) is 0 Å². The molecule has 1 atom stereocenters. The number of aliphatic imine (C=N–C) groups is 1. The Morgan fingerprint density at radius 1 is 1.09 bits per heavy atom. The number of benzodiazepines with no additional fused rings is 1. The first-order valence-corrected chi connectivity index (χ1v) is 10.7. The SMILES string of the molecule is COc1ccn2ncc(C(=N)OC(=N)NC3N=C(c4ccccc4)c4ccccc4NC3=O)c2c1. The zero-order valence-corrected chi connectivity index (χ0v) is 18.6. The second-order valence-electron chi connectivity index (χ2n) is 7.64. The Balaban J connectivity index is 1.40. The number of anilines is 1. The summed E-state index contributed by atoms with van der Waals surface area (Å²) in [7, 11) is 1.55. The number of methoxy groups -OCH3 is 1. The van der Waals surface area contributed by atoms with Crippen LogP contribution in [0, 0.1) is 10.8 Å². The first kappa shape index (κ1) is 21.8. The van der Waals surface area contributed by atoms with Crippen LogP contribution >= 0.6 is 0 Å². The van der Waals surface area contributed by atoms with Crippen molar-refractivity contribution < 1.29 is 14.3 Å². The van der Waals surface area contributed by atoms with Crippen LogP contribution in [0.25, 0.3) is 5.52 Å². The van der Waals surface area contributed by atoms with E-state index in [1.54, 1.807) is 36.0 Å². The zero-order valence-electron chi connectivity index (χ0n) is 18.6. The fourth-order valence-corrected chi connectivity index (χ4v) is 3.75. The molecule has 1 amide bonds. The summed E-state index contributed by atoms with van der Waals surface area (Å²) in [5, 5.41) is 26.3. The average Bonchev–Trinajstić information content (AvgIpc) is 3.25. The monoisotopic (exact) mass is 467 g/mol. The largest absolute Gasteiger partial charge is 0.497 e. The maximum Gasteiger partial charge on any atom is 0.290 e. The summed E-state index contributed by atoms with van der Waals surface area (Å²) in [5.74, 6) is -0.169. The molecule has 174 valence electrons. The number of amides is 1. The van der Waals surface area contributed by atoms with Gasteiger partial charge in [0.05, 0.1) is 35.8 Å². The summed E-state index contributed by atoms with van der Waals surface area (Å²) in [5.41, 5.74) is 3.73. The van der Waals surface area contributed by atoms with Gasteiger partial charge in [0, 0.05) is 23.4 Å². The Morgan fingerprint density at radius 2 is 1.86 bits per heavy atom. The quantitative estimate of drug-likeness (QED) is 0.270. The van der Waals surface area contributed by atoms with Crippen molar-refractivity contribution >= 4 is 34.7 Å². The number of hydrogen-bond donors (Lipinski definition) is 4. The van der Waals surface area contributed by atoms with Crippen LogP contribution in [0.1, 0.15) is 16.7 Å². The minimum Gasteiger partial charge on any atom is -0.497 e. The lowest BCUT2D eigenvalue weighted by Crippen LogP contribution is -2.43. The van der Waals surface area contributed by atoms with Gasteiger partial charge in [0.2, 0.25) is 12.1 Å². The third kappa shape index (κ3) is 4.32. The zero-order chi connectivity index (χ0) is 24.4. The van der Waals surface area contributed by atoms with Gasteiger partial charge in [-0.25, -0.2) is 9.51 Å². The topological polar surface area (TPSA) is 137 Å². The van der Waals surface area contributed by atoms with Crippen LogP contribution in [0.15, 0.2) is 84.1 Å². The van der Waals surface area contributed by atoms with Crippen molar-refractivity contribution in [2.75, 3.05) is 12.4 Å². The molecular weight excluding hydrogens is 446 g/mol. The number of aromatic nitrogens is 2. The molecule has 4 N–H and O–H groups in total. The van der Waals surface area contributed by atoms with E-state index in [0.29, 0.717) is 28.2 Å². The highest BCUT2D eigenvalue weighted by atomic mass is 16.5. The van der Waals surface area contributed by atoms with Crippen molar-refractivity contribution in [1.29, 1.82) is 10.8 Å². The molecule has 4 aromatic rings. The minimum atomic E-state index is -1.15. The Labute approximate surface area is 200 Å². The Bertz CT molecular complexity index is 1480. The number of amidine groups is 1. The molecule has 0 aliphatic carbocycles. The molecule has 2 aromatic heterocycles. The van der Waals surface area contributed by atoms with Gasteiger partial charge in [0.25, 0.3) is 11.9 Å². The van der Waals surface area contributed by atoms with Crippen molar-refractivity contribution in [3.8, 4) is 5.75 Å².